The second-order valence-corrected chi connectivity index (χ2v) is 7.54. The van der Waals surface area contributed by atoms with E-state index in [0.717, 1.165) is 28.5 Å². The molecule has 0 spiro atoms. The van der Waals surface area contributed by atoms with E-state index >= 15 is 0 Å². The van der Waals surface area contributed by atoms with Gasteiger partial charge in [-0.15, -0.1) is 0 Å². The van der Waals surface area contributed by atoms with Crippen molar-refractivity contribution in [3.63, 3.8) is 0 Å². The lowest BCUT2D eigenvalue weighted by molar-refractivity contribution is -0.137. The Morgan fingerprint density at radius 2 is 1.59 bits per heavy atom. The second kappa shape index (κ2) is 8.90. The lowest BCUT2D eigenvalue weighted by atomic mass is 10.0. The van der Waals surface area contributed by atoms with Crippen molar-refractivity contribution in [1.29, 1.82) is 5.41 Å². The van der Waals surface area contributed by atoms with Gasteiger partial charge in [-0.3, -0.25) is 4.79 Å². The Labute approximate surface area is 183 Å². The third-order valence-corrected chi connectivity index (χ3v) is 5.62. The van der Waals surface area contributed by atoms with Gasteiger partial charge in [0.25, 0.3) is 5.91 Å². The van der Waals surface area contributed by atoms with Gasteiger partial charge in [0.2, 0.25) is 0 Å². The van der Waals surface area contributed by atoms with Crippen molar-refractivity contribution in [3.8, 4) is 5.75 Å². The first-order chi connectivity index (χ1) is 15.4. The summed E-state index contributed by atoms with van der Waals surface area (Å²) in [6.45, 7) is 1.91. The number of hydrogen-bond donors (Lipinski definition) is 1. The molecule has 4 rings (SSSR count). The van der Waals surface area contributed by atoms with E-state index in [0.29, 0.717) is 37.6 Å². The van der Waals surface area contributed by atoms with Crippen LogP contribution in [0.15, 0.2) is 60.7 Å². The van der Waals surface area contributed by atoms with Crippen molar-refractivity contribution < 1.29 is 22.7 Å². The molecule has 0 saturated carbocycles. The summed E-state index contributed by atoms with van der Waals surface area (Å²) in [5, 5.41) is 9.26. The third kappa shape index (κ3) is 4.54. The van der Waals surface area contributed by atoms with Crippen LogP contribution in [-0.2, 0) is 11.0 Å². The Hall–Kier alpha value is -3.55. The Morgan fingerprint density at radius 3 is 2.22 bits per heavy atom. The largest absolute Gasteiger partial charge is 0.483 e. The average Bonchev–Trinajstić information content (AvgIpc) is 2.82. The number of alkyl halides is 3. The van der Waals surface area contributed by atoms with Gasteiger partial charge < -0.3 is 19.9 Å². The Kier molecular flexibility index (Phi) is 6.03. The normalized spacial score (nSPS) is 14.5. The van der Waals surface area contributed by atoms with Crippen molar-refractivity contribution in [2.24, 2.45) is 0 Å². The minimum Gasteiger partial charge on any atom is -0.483 e. The molecule has 1 N–H and O–H groups in total. The van der Waals surface area contributed by atoms with Crippen molar-refractivity contribution in [2.75, 3.05) is 37.7 Å². The number of amides is 1. The highest BCUT2D eigenvalue weighted by atomic mass is 19.4. The van der Waals surface area contributed by atoms with E-state index < -0.39 is 11.7 Å². The summed E-state index contributed by atoms with van der Waals surface area (Å²) < 4.78 is 44.0. The maximum absolute atomic E-state index is 12.7. The van der Waals surface area contributed by atoms with Crippen LogP contribution >= 0.6 is 0 Å². The summed E-state index contributed by atoms with van der Waals surface area (Å²) in [6, 6.07) is 16.2. The number of rotatable bonds is 5. The molecule has 1 aliphatic heterocycles. The first-order valence-corrected chi connectivity index (χ1v) is 10.2. The summed E-state index contributed by atoms with van der Waals surface area (Å²) in [7, 11) is 0. The first-order valence-electron chi connectivity index (χ1n) is 10.2. The van der Waals surface area contributed by atoms with Crippen LogP contribution in [-0.4, -0.2) is 49.8 Å². The maximum atomic E-state index is 12.7. The zero-order chi connectivity index (χ0) is 22.7. The standard InChI is InChI=1S/C24H22F3N3O2/c25-24(26,27)18-6-8-19(9-7-18)29-11-13-30(14-12-29)23(31)16-32-22-10-5-17(15-28)20-3-1-2-4-21(20)22/h1-10,15,28H,11-14,16H2. The summed E-state index contributed by atoms with van der Waals surface area (Å²) in [4.78, 5) is 16.3. The van der Waals surface area contributed by atoms with Crippen molar-refractivity contribution in [1.82, 2.24) is 4.90 Å². The van der Waals surface area contributed by atoms with Gasteiger partial charge in [-0.2, -0.15) is 13.2 Å². The topological polar surface area (TPSA) is 56.6 Å². The summed E-state index contributed by atoms with van der Waals surface area (Å²) in [5.74, 6) is 0.445. The maximum Gasteiger partial charge on any atom is 0.416 e. The number of nitrogens with one attached hydrogen (secondary N) is 1. The van der Waals surface area contributed by atoms with E-state index in [1.807, 2.05) is 29.2 Å². The number of benzene rings is 3. The van der Waals surface area contributed by atoms with Gasteiger partial charge in [0.05, 0.1) is 5.56 Å². The van der Waals surface area contributed by atoms with Gasteiger partial charge in [-0.05, 0) is 41.8 Å². The molecule has 0 aromatic heterocycles. The highest BCUT2D eigenvalue weighted by molar-refractivity contribution is 6.01. The predicted octanol–water partition coefficient (Wildman–Crippen LogP) is 4.58. The molecule has 0 aliphatic carbocycles. The zero-order valence-corrected chi connectivity index (χ0v) is 17.2. The fraction of sp³-hybridized carbons (Fsp3) is 0.250. The van der Waals surface area contributed by atoms with E-state index in [4.69, 9.17) is 10.1 Å². The minimum absolute atomic E-state index is 0.103. The highest BCUT2D eigenvalue weighted by Crippen LogP contribution is 2.31. The van der Waals surface area contributed by atoms with Crippen LogP contribution in [0.3, 0.4) is 0 Å². The Bertz CT molecular complexity index is 1120. The summed E-state index contributed by atoms with van der Waals surface area (Å²) in [6.07, 6.45) is -3.07. The predicted molar refractivity (Wildman–Crippen MR) is 118 cm³/mol. The number of hydrogen-bond acceptors (Lipinski definition) is 4. The Balaban J connectivity index is 1.34. The molecule has 1 fully saturated rings. The summed E-state index contributed by atoms with van der Waals surface area (Å²) in [5.41, 5.74) is 0.811. The number of carbonyl (C=O) groups is 1. The van der Waals surface area contributed by atoms with Crippen LogP contribution in [0.4, 0.5) is 18.9 Å². The molecule has 1 saturated heterocycles. The van der Waals surface area contributed by atoms with E-state index in [-0.39, 0.29) is 12.5 Å². The number of piperazine rings is 1. The highest BCUT2D eigenvalue weighted by Gasteiger charge is 2.30. The molecule has 0 radical (unpaired) electrons. The number of carbonyl (C=O) groups excluding carboxylic acids is 1. The van der Waals surface area contributed by atoms with E-state index in [1.165, 1.54) is 18.3 Å². The molecule has 0 atom stereocenters. The van der Waals surface area contributed by atoms with Crippen molar-refractivity contribution in [3.05, 3.63) is 71.8 Å². The molecular formula is C24H22F3N3O2. The Morgan fingerprint density at radius 1 is 0.938 bits per heavy atom. The van der Waals surface area contributed by atoms with Crippen LogP contribution in [0.25, 0.3) is 10.8 Å². The van der Waals surface area contributed by atoms with E-state index in [1.54, 1.807) is 17.0 Å². The lowest BCUT2D eigenvalue weighted by Crippen LogP contribution is -2.50. The van der Waals surface area contributed by atoms with Crippen molar-refractivity contribution in [2.45, 2.75) is 6.18 Å². The number of nitrogens with zero attached hydrogens (tertiary/aromatic N) is 2. The second-order valence-electron chi connectivity index (χ2n) is 7.54. The van der Waals surface area contributed by atoms with E-state index in [2.05, 4.69) is 0 Å². The number of fused-ring (bicyclic) bond motifs is 1. The first kappa shape index (κ1) is 21.7. The smallest absolute Gasteiger partial charge is 0.416 e. The van der Waals surface area contributed by atoms with Gasteiger partial charge in [0.15, 0.2) is 6.61 Å². The van der Waals surface area contributed by atoms with Gasteiger partial charge in [-0.1, -0.05) is 24.3 Å². The van der Waals surface area contributed by atoms with Crippen LogP contribution in [0.2, 0.25) is 0 Å². The van der Waals surface area contributed by atoms with Gasteiger partial charge >= 0.3 is 6.18 Å². The molecule has 1 amide bonds. The minimum atomic E-state index is -4.35. The van der Waals surface area contributed by atoms with Crippen LogP contribution in [0.1, 0.15) is 11.1 Å². The molecule has 3 aromatic rings. The third-order valence-electron chi connectivity index (χ3n) is 5.62. The molecule has 166 valence electrons. The molecule has 1 heterocycles. The van der Waals surface area contributed by atoms with Gasteiger partial charge in [0.1, 0.15) is 5.75 Å². The van der Waals surface area contributed by atoms with Crippen LogP contribution < -0.4 is 9.64 Å². The molecule has 32 heavy (non-hydrogen) atoms. The SMILES string of the molecule is N=Cc1ccc(OCC(=O)N2CCN(c3ccc(C(F)(F)F)cc3)CC2)c2ccccc12. The molecule has 0 unspecified atom stereocenters. The molecule has 1 aliphatic rings. The molecule has 8 heteroatoms. The van der Waals surface area contributed by atoms with Crippen molar-refractivity contribution >= 4 is 28.6 Å². The average molecular weight is 441 g/mol. The molecule has 5 nitrogen and oxygen atoms in total. The lowest BCUT2D eigenvalue weighted by Gasteiger charge is -2.36. The quantitative estimate of drug-likeness (QED) is 0.590. The summed E-state index contributed by atoms with van der Waals surface area (Å²) >= 11 is 0. The fourth-order valence-electron chi connectivity index (χ4n) is 3.85. The van der Waals surface area contributed by atoms with Crippen LogP contribution in [0, 0.1) is 5.41 Å². The molecule has 3 aromatic carbocycles. The van der Waals surface area contributed by atoms with Gasteiger partial charge in [-0.25, -0.2) is 0 Å². The molecular weight excluding hydrogens is 419 g/mol. The fourth-order valence-corrected chi connectivity index (χ4v) is 3.85. The number of ether oxygens (including phenoxy) is 1. The molecule has 0 bridgehead atoms. The van der Waals surface area contributed by atoms with E-state index in [9.17, 15) is 18.0 Å². The van der Waals surface area contributed by atoms with Crippen LogP contribution in [0.5, 0.6) is 5.75 Å². The zero-order valence-electron chi connectivity index (χ0n) is 17.2. The monoisotopic (exact) mass is 441 g/mol. The van der Waals surface area contributed by atoms with Gasteiger partial charge in [0, 0.05) is 49.0 Å². The number of halogens is 3. The number of anilines is 1.